The third kappa shape index (κ3) is 1.85. The van der Waals surface area contributed by atoms with Gasteiger partial charge in [0.25, 0.3) is 0 Å². The Bertz CT molecular complexity index is 807. The van der Waals surface area contributed by atoms with Gasteiger partial charge in [0.1, 0.15) is 5.65 Å². The summed E-state index contributed by atoms with van der Waals surface area (Å²) in [4.78, 5) is 15.7. The summed E-state index contributed by atoms with van der Waals surface area (Å²) < 4.78 is 1.90. The van der Waals surface area contributed by atoms with Crippen LogP contribution >= 0.6 is 11.6 Å². The number of nitrogens with two attached hydrogens (primary N) is 1. The van der Waals surface area contributed by atoms with E-state index >= 15 is 0 Å². The van der Waals surface area contributed by atoms with Crippen LogP contribution in [-0.2, 0) is 11.2 Å². The maximum atomic E-state index is 11.1. The normalized spacial score (nSPS) is 11.3. The minimum atomic E-state index is -0.365. The van der Waals surface area contributed by atoms with Crippen molar-refractivity contribution in [1.82, 2.24) is 9.38 Å². The number of pyridine rings is 1. The minimum absolute atomic E-state index is 0.180. The molecule has 2 N–H and O–H groups in total. The maximum absolute atomic E-state index is 11.1. The molecule has 5 heteroatoms. The highest BCUT2D eigenvalue weighted by atomic mass is 35.5. The van der Waals surface area contributed by atoms with Crippen LogP contribution in [0, 0.1) is 6.92 Å². The number of halogens is 1. The summed E-state index contributed by atoms with van der Waals surface area (Å²) in [6.07, 6.45) is 2.06. The van der Waals surface area contributed by atoms with Crippen molar-refractivity contribution in [3.05, 3.63) is 46.9 Å². The number of amides is 1. The zero-order chi connectivity index (χ0) is 13.6. The van der Waals surface area contributed by atoms with Gasteiger partial charge in [-0.2, -0.15) is 0 Å². The second-order valence-corrected chi connectivity index (χ2v) is 4.90. The fourth-order valence-corrected chi connectivity index (χ4v) is 2.60. The Kier molecular flexibility index (Phi) is 2.68. The van der Waals surface area contributed by atoms with E-state index in [-0.39, 0.29) is 12.3 Å². The number of carbonyl (C=O) groups excluding carboxylic acids is 1. The third-order valence-corrected chi connectivity index (χ3v) is 3.57. The number of fused-ring (bicyclic) bond motifs is 3. The van der Waals surface area contributed by atoms with E-state index < -0.39 is 0 Å². The first-order chi connectivity index (χ1) is 9.08. The predicted octanol–water partition coefficient (Wildman–Crippen LogP) is 2.48. The molecule has 1 aromatic carbocycles. The van der Waals surface area contributed by atoms with Crippen LogP contribution in [0.4, 0.5) is 0 Å². The maximum Gasteiger partial charge on any atom is 0.223 e. The molecule has 0 fully saturated rings. The van der Waals surface area contributed by atoms with Gasteiger partial charge in [0.15, 0.2) is 0 Å². The lowest BCUT2D eigenvalue weighted by Crippen LogP contribution is -2.15. The van der Waals surface area contributed by atoms with E-state index in [2.05, 4.69) is 4.98 Å². The molecule has 0 spiro atoms. The van der Waals surface area contributed by atoms with Crippen LogP contribution in [0.25, 0.3) is 16.4 Å². The summed E-state index contributed by atoms with van der Waals surface area (Å²) in [7, 11) is 0. The molecule has 0 saturated carbocycles. The van der Waals surface area contributed by atoms with Crippen LogP contribution in [-0.4, -0.2) is 15.3 Å². The second-order valence-electron chi connectivity index (χ2n) is 4.50. The van der Waals surface area contributed by atoms with E-state index in [1.807, 2.05) is 41.8 Å². The number of rotatable bonds is 2. The first kappa shape index (κ1) is 12.0. The van der Waals surface area contributed by atoms with Gasteiger partial charge in [-0.1, -0.05) is 23.7 Å². The van der Waals surface area contributed by atoms with Crippen LogP contribution in [0.3, 0.4) is 0 Å². The summed E-state index contributed by atoms with van der Waals surface area (Å²) in [6.45, 7) is 1.88. The average molecular weight is 274 g/mol. The Morgan fingerprint density at radius 1 is 1.37 bits per heavy atom. The number of benzene rings is 1. The number of hydrogen-bond donors (Lipinski definition) is 1. The number of carbonyl (C=O) groups is 1. The van der Waals surface area contributed by atoms with E-state index in [4.69, 9.17) is 17.3 Å². The first-order valence-electron chi connectivity index (χ1n) is 5.91. The highest BCUT2D eigenvalue weighted by Crippen LogP contribution is 2.27. The molecule has 4 nitrogen and oxygen atoms in total. The van der Waals surface area contributed by atoms with Crippen molar-refractivity contribution in [2.45, 2.75) is 13.3 Å². The molecular weight excluding hydrogens is 262 g/mol. The van der Waals surface area contributed by atoms with E-state index in [0.717, 1.165) is 27.8 Å². The second kappa shape index (κ2) is 4.24. The van der Waals surface area contributed by atoms with Gasteiger partial charge >= 0.3 is 0 Å². The van der Waals surface area contributed by atoms with Crippen molar-refractivity contribution < 1.29 is 4.79 Å². The molecule has 1 amide bonds. The quantitative estimate of drug-likeness (QED) is 0.780. The summed E-state index contributed by atoms with van der Waals surface area (Å²) >= 11 is 6.18. The van der Waals surface area contributed by atoms with Crippen molar-refractivity contribution in [3.63, 3.8) is 0 Å². The molecular formula is C14H12ClN3O. The minimum Gasteiger partial charge on any atom is -0.369 e. The van der Waals surface area contributed by atoms with Gasteiger partial charge in [0, 0.05) is 22.0 Å². The Morgan fingerprint density at radius 3 is 2.89 bits per heavy atom. The molecule has 0 bridgehead atoms. The zero-order valence-electron chi connectivity index (χ0n) is 10.4. The van der Waals surface area contributed by atoms with E-state index in [0.29, 0.717) is 5.02 Å². The molecule has 19 heavy (non-hydrogen) atoms. The number of primary amides is 1. The van der Waals surface area contributed by atoms with Crippen molar-refractivity contribution >= 4 is 33.9 Å². The van der Waals surface area contributed by atoms with Gasteiger partial charge in [-0.3, -0.25) is 4.79 Å². The largest absolute Gasteiger partial charge is 0.369 e. The lowest BCUT2D eigenvalue weighted by atomic mass is 10.1. The van der Waals surface area contributed by atoms with Gasteiger partial charge < -0.3 is 10.1 Å². The lowest BCUT2D eigenvalue weighted by molar-refractivity contribution is -0.117. The molecule has 96 valence electrons. The number of imidazole rings is 1. The molecule has 3 rings (SSSR count). The van der Waals surface area contributed by atoms with E-state index in [9.17, 15) is 4.79 Å². The Balaban J connectivity index is 2.39. The molecule has 0 aliphatic rings. The Labute approximate surface area is 114 Å². The monoisotopic (exact) mass is 273 g/mol. The fourth-order valence-electron chi connectivity index (χ4n) is 2.36. The molecule has 0 saturated heterocycles. The number of nitrogens with zero attached hydrogens (tertiary/aromatic N) is 2. The van der Waals surface area contributed by atoms with Crippen molar-refractivity contribution in [3.8, 4) is 0 Å². The van der Waals surface area contributed by atoms with Gasteiger partial charge in [-0.05, 0) is 19.1 Å². The molecule has 3 aromatic rings. The highest BCUT2D eigenvalue weighted by molar-refractivity contribution is 6.35. The summed E-state index contributed by atoms with van der Waals surface area (Å²) in [5.74, 6) is -0.365. The van der Waals surface area contributed by atoms with Crippen LogP contribution in [0.2, 0.25) is 5.02 Å². The topological polar surface area (TPSA) is 60.4 Å². The number of aromatic nitrogens is 2. The molecule has 0 aliphatic heterocycles. The van der Waals surface area contributed by atoms with Gasteiger partial charge in [-0.15, -0.1) is 0 Å². The predicted molar refractivity (Wildman–Crippen MR) is 75.3 cm³/mol. The summed E-state index contributed by atoms with van der Waals surface area (Å²) in [5, 5.41) is 2.61. The standard InChI is InChI=1S/C14H12ClN3O/c1-8-12(7-13(16)19)18-6-5-9-10(14(18)17-8)3-2-4-11(9)15/h2-6H,7H2,1H3,(H2,16,19). The SMILES string of the molecule is Cc1nc2c3cccc(Cl)c3ccn2c1CC(N)=O. The van der Waals surface area contributed by atoms with Crippen LogP contribution in [0.5, 0.6) is 0 Å². The van der Waals surface area contributed by atoms with Crippen molar-refractivity contribution in [2.75, 3.05) is 0 Å². The number of aryl methyl sites for hydroxylation is 1. The van der Waals surface area contributed by atoms with Crippen molar-refractivity contribution in [1.29, 1.82) is 0 Å². The van der Waals surface area contributed by atoms with Crippen LogP contribution in [0.15, 0.2) is 30.5 Å². The first-order valence-corrected chi connectivity index (χ1v) is 6.29. The Morgan fingerprint density at radius 2 is 2.16 bits per heavy atom. The van der Waals surface area contributed by atoms with Gasteiger partial charge in [0.05, 0.1) is 17.8 Å². The lowest BCUT2D eigenvalue weighted by Gasteiger charge is -2.04. The van der Waals surface area contributed by atoms with E-state index in [1.165, 1.54) is 0 Å². The average Bonchev–Trinajstić information content (AvgIpc) is 2.67. The Hall–Kier alpha value is -2.07. The smallest absolute Gasteiger partial charge is 0.223 e. The molecule has 0 aliphatic carbocycles. The van der Waals surface area contributed by atoms with E-state index in [1.54, 1.807) is 0 Å². The molecule has 2 aromatic heterocycles. The van der Waals surface area contributed by atoms with Crippen LogP contribution < -0.4 is 5.73 Å². The third-order valence-electron chi connectivity index (χ3n) is 3.24. The molecule has 0 atom stereocenters. The summed E-state index contributed by atoms with van der Waals surface area (Å²) in [6, 6.07) is 7.64. The van der Waals surface area contributed by atoms with Gasteiger partial charge in [-0.25, -0.2) is 4.98 Å². The fraction of sp³-hybridized carbons (Fsp3) is 0.143. The summed E-state index contributed by atoms with van der Waals surface area (Å²) in [5.41, 5.74) is 7.71. The van der Waals surface area contributed by atoms with Crippen molar-refractivity contribution in [2.24, 2.45) is 5.73 Å². The molecule has 2 heterocycles. The highest BCUT2D eigenvalue weighted by Gasteiger charge is 2.13. The molecule has 0 radical (unpaired) electrons. The molecule has 0 unspecified atom stereocenters. The van der Waals surface area contributed by atoms with Crippen LogP contribution in [0.1, 0.15) is 11.4 Å². The van der Waals surface area contributed by atoms with Gasteiger partial charge in [0.2, 0.25) is 5.91 Å². The zero-order valence-corrected chi connectivity index (χ0v) is 11.1. The number of hydrogen-bond acceptors (Lipinski definition) is 2.